The fraction of sp³-hybridized carbons (Fsp3) is 0.629. The molecule has 0 spiro atoms. The molecule has 1 aliphatic heterocycles. The van der Waals surface area contributed by atoms with Crippen LogP contribution < -0.4 is 5.32 Å². The highest BCUT2D eigenvalue weighted by molar-refractivity contribution is 5.76. The van der Waals surface area contributed by atoms with Gasteiger partial charge in [-0.1, -0.05) is 225 Å². The fourth-order valence-electron chi connectivity index (χ4n) is 7.83. The molecular formula is C62H101NO8. The monoisotopic (exact) mass is 988 g/mol. The van der Waals surface area contributed by atoms with E-state index in [1.807, 2.05) is 6.08 Å². The van der Waals surface area contributed by atoms with Crippen LogP contribution in [0.4, 0.5) is 0 Å². The van der Waals surface area contributed by atoms with Crippen LogP contribution in [0.15, 0.2) is 134 Å². The van der Waals surface area contributed by atoms with E-state index in [0.717, 1.165) is 128 Å². The third-order valence-electron chi connectivity index (χ3n) is 12.2. The lowest BCUT2D eigenvalue weighted by atomic mass is 9.99. The molecule has 0 aromatic heterocycles. The molecule has 1 fully saturated rings. The Kier molecular flexibility index (Phi) is 45.9. The molecule has 9 nitrogen and oxygen atoms in total. The van der Waals surface area contributed by atoms with E-state index in [1.165, 1.54) is 44.9 Å². The van der Waals surface area contributed by atoms with Crippen molar-refractivity contribution in [3.63, 3.8) is 0 Å². The number of hydrogen-bond donors (Lipinski definition) is 6. The van der Waals surface area contributed by atoms with Gasteiger partial charge in [0.25, 0.3) is 0 Å². The summed E-state index contributed by atoms with van der Waals surface area (Å²) in [6.07, 6.45) is 69.4. The van der Waals surface area contributed by atoms with E-state index in [0.29, 0.717) is 6.42 Å². The average Bonchev–Trinajstić information content (AvgIpc) is 3.37. The van der Waals surface area contributed by atoms with Gasteiger partial charge in [0.1, 0.15) is 24.4 Å². The molecule has 0 saturated carbocycles. The number of aliphatic hydroxyl groups excluding tert-OH is 5. The Morgan fingerprint density at radius 3 is 1.30 bits per heavy atom. The normalized spacial score (nSPS) is 20.4. The summed E-state index contributed by atoms with van der Waals surface area (Å²) < 4.78 is 11.2. The van der Waals surface area contributed by atoms with E-state index in [1.54, 1.807) is 6.08 Å². The number of carbonyl (C=O) groups is 1. The van der Waals surface area contributed by atoms with Crippen LogP contribution in [0.2, 0.25) is 0 Å². The van der Waals surface area contributed by atoms with E-state index >= 15 is 0 Å². The van der Waals surface area contributed by atoms with E-state index in [9.17, 15) is 30.3 Å². The number of allylic oxidation sites excluding steroid dienone is 21. The summed E-state index contributed by atoms with van der Waals surface area (Å²) in [5.74, 6) is -0.199. The molecule has 1 heterocycles. The molecule has 1 aliphatic rings. The van der Waals surface area contributed by atoms with Crippen LogP contribution in [0, 0.1) is 0 Å². The van der Waals surface area contributed by atoms with Crippen molar-refractivity contribution in [2.75, 3.05) is 13.2 Å². The van der Waals surface area contributed by atoms with Crippen LogP contribution >= 0.6 is 0 Å². The highest BCUT2D eigenvalue weighted by atomic mass is 16.7. The smallest absolute Gasteiger partial charge is 0.220 e. The van der Waals surface area contributed by atoms with Gasteiger partial charge < -0.3 is 40.3 Å². The van der Waals surface area contributed by atoms with Crippen molar-refractivity contribution in [3.05, 3.63) is 134 Å². The third kappa shape index (κ3) is 39.5. The first-order chi connectivity index (χ1) is 34.8. The Balaban J connectivity index is 2.19. The predicted molar refractivity (Wildman–Crippen MR) is 299 cm³/mol. The molecule has 1 rings (SSSR count). The van der Waals surface area contributed by atoms with Gasteiger partial charge >= 0.3 is 0 Å². The molecule has 0 radical (unpaired) electrons. The van der Waals surface area contributed by atoms with Crippen molar-refractivity contribution >= 4 is 5.91 Å². The van der Waals surface area contributed by atoms with Crippen LogP contribution in [0.5, 0.6) is 0 Å². The first-order valence-corrected chi connectivity index (χ1v) is 27.9. The number of amides is 1. The van der Waals surface area contributed by atoms with Crippen molar-refractivity contribution in [2.24, 2.45) is 0 Å². The number of nitrogens with one attached hydrogen (secondary N) is 1. The second kappa shape index (κ2) is 49.9. The van der Waals surface area contributed by atoms with Crippen LogP contribution in [0.1, 0.15) is 194 Å². The minimum Gasteiger partial charge on any atom is -0.394 e. The average molecular weight is 988 g/mol. The maximum atomic E-state index is 13.0. The summed E-state index contributed by atoms with van der Waals surface area (Å²) in [6, 6.07) is -0.821. The number of aliphatic hydroxyl groups is 5. The van der Waals surface area contributed by atoms with Crippen LogP contribution in [0.25, 0.3) is 0 Å². The number of ether oxygens (including phenoxy) is 2. The zero-order valence-electron chi connectivity index (χ0n) is 44.4. The highest BCUT2D eigenvalue weighted by Gasteiger charge is 2.44. The van der Waals surface area contributed by atoms with E-state index < -0.39 is 49.5 Å². The third-order valence-corrected chi connectivity index (χ3v) is 12.2. The zero-order chi connectivity index (χ0) is 51.5. The van der Waals surface area contributed by atoms with Gasteiger partial charge in [-0.2, -0.15) is 0 Å². The molecule has 0 aliphatic carbocycles. The standard InChI is InChI=1S/C62H101NO8/c1-3-5-7-9-11-13-15-16-17-18-19-20-21-22-23-24-25-26-27-28-29-30-31-32-33-34-35-36-37-38-39-40-42-44-46-48-50-52-58(66)63-55(54-70-62-61(69)60(68)59(67)57(53-64)71-62)56(65)51-49-47-45-43-41-14-12-10-8-6-4-2/h5,7,11,13,16-17,19-20,22-23,25-26,28-29,31-32,34-35,37-38,49,51,55-57,59-62,64-65,67-69H,3-4,6,8-10,12,14-15,18,21,24,27,30,33,36,39-48,50,52-54H2,1-2H3,(H,63,66)/b7-5-,13-11-,17-16-,20-19-,23-22-,26-25-,29-28-,32-31-,35-34-,38-37-,51-49+. The molecule has 1 saturated heterocycles. The predicted octanol–water partition coefficient (Wildman–Crippen LogP) is 13.7. The summed E-state index contributed by atoms with van der Waals surface area (Å²) in [4.78, 5) is 13.0. The minimum atomic E-state index is -1.58. The fourth-order valence-corrected chi connectivity index (χ4v) is 7.83. The largest absolute Gasteiger partial charge is 0.394 e. The van der Waals surface area contributed by atoms with Crippen molar-refractivity contribution in [1.82, 2.24) is 5.32 Å². The Morgan fingerprint density at radius 1 is 0.493 bits per heavy atom. The number of unbranched alkanes of at least 4 members (excludes halogenated alkanes) is 15. The van der Waals surface area contributed by atoms with Gasteiger partial charge in [-0.3, -0.25) is 4.79 Å². The maximum absolute atomic E-state index is 13.0. The lowest BCUT2D eigenvalue weighted by Gasteiger charge is -2.40. The zero-order valence-corrected chi connectivity index (χ0v) is 44.4. The molecule has 7 atom stereocenters. The first kappa shape index (κ1) is 65.3. The molecule has 402 valence electrons. The molecule has 7 unspecified atom stereocenters. The van der Waals surface area contributed by atoms with Gasteiger partial charge in [0.05, 0.1) is 25.4 Å². The Labute approximate surface area is 432 Å². The van der Waals surface area contributed by atoms with Crippen LogP contribution in [-0.2, 0) is 14.3 Å². The summed E-state index contributed by atoms with van der Waals surface area (Å²) in [6.45, 7) is 3.61. The van der Waals surface area contributed by atoms with Crippen molar-refractivity contribution in [1.29, 1.82) is 0 Å². The summed E-state index contributed by atoms with van der Waals surface area (Å²) in [7, 11) is 0. The van der Waals surface area contributed by atoms with Crippen molar-refractivity contribution < 1.29 is 39.8 Å². The second-order valence-corrected chi connectivity index (χ2v) is 18.6. The first-order valence-electron chi connectivity index (χ1n) is 27.9. The Hall–Kier alpha value is -3.67. The lowest BCUT2D eigenvalue weighted by molar-refractivity contribution is -0.302. The summed E-state index contributed by atoms with van der Waals surface area (Å²) >= 11 is 0. The van der Waals surface area contributed by atoms with E-state index in [-0.39, 0.29) is 12.5 Å². The van der Waals surface area contributed by atoms with Gasteiger partial charge in [-0.25, -0.2) is 0 Å². The van der Waals surface area contributed by atoms with E-state index in [2.05, 4.69) is 141 Å². The van der Waals surface area contributed by atoms with Gasteiger partial charge in [0.2, 0.25) is 5.91 Å². The SMILES string of the molecule is CC/C=C\C/C=C\C/C=C\C/C=C\C/C=C\C/C=C\C/C=C\C/C=C\C/C=C\C/C=C\CCCCCCCCC(=O)NC(COC1OC(CO)C(O)C(O)C1O)C(O)/C=C/CCCCCCCCCCC. The van der Waals surface area contributed by atoms with Crippen molar-refractivity contribution in [3.8, 4) is 0 Å². The molecule has 71 heavy (non-hydrogen) atoms. The number of hydrogen-bond acceptors (Lipinski definition) is 8. The van der Waals surface area contributed by atoms with Gasteiger partial charge in [0, 0.05) is 6.42 Å². The van der Waals surface area contributed by atoms with E-state index in [4.69, 9.17) is 9.47 Å². The number of rotatable bonds is 45. The second-order valence-electron chi connectivity index (χ2n) is 18.6. The Morgan fingerprint density at radius 2 is 0.873 bits per heavy atom. The van der Waals surface area contributed by atoms with Gasteiger partial charge in [0.15, 0.2) is 6.29 Å². The molecule has 0 bridgehead atoms. The molecule has 0 aromatic rings. The highest BCUT2D eigenvalue weighted by Crippen LogP contribution is 2.22. The van der Waals surface area contributed by atoms with Gasteiger partial charge in [-0.15, -0.1) is 0 Å². The molecular weight excluding hydrogens is 887 g/mol. The lowest BCUT2D eigenvalue weighted by Crippen LogP contribution is -2.60. The Bertz CT molecular complexity index is 1570. The quantitative estimate of drug-likeness (QED) is 0.0261. The van der Waals surface area contributed by atoms with Crippen LogP contribution in [0.3, 0.4) is 0 Å². The molecule has 6 N–H and O–H groups in total. The summed E-state index contributed by atoms with van der Waals surface area (Å²) in [5, 5.41) is 54.3. The molecule has 9 heteroatoms. The van der Waals surface area contributed by atoms with Gasteiger partial charge in [-0.05, 0) is 96.3 Å². The van der Waals surface area contributed by atoms with Crippen LogP contribution in [-0.4, -0.2) is 87.5 Å². The summed E-state index contributed by atoms with van der Waals surface area (Å²) in [5.41, 5.74) is 0. The van der Waals surface area contributed by atoms with Crippen molar-refractivity contribution in [2.45, 2.75) is 236 Å². The minimum absolute atomic E-state index is 0.199. The topological polar surface area (TPSA) is 149 Å². The molecule has 1 amide bonds. The maximum Gasteiger partial charge on any atom is 0.220 e. The molecule has 0 aromatic carbocycles. The number of carbonyl (C=O) groups excluding carboxylic acids is 1.